The standard InChI is InChI=1S/C10H15.2ClH.Zr/c1-8(2)6-10-5-4-9(3)7-10;;;/h7-8H,4,6H2,1-3H3;2*1H;/q-1;;;+3/p-2. The number of halogens is 2. The minimum atomic E-state index is 0. The van der Waals surface area contributed by atoms with Gasteiger partial charge < -0.3 is 24.8 Å². The summed E-state index contributed by atoms with van der Waals surface area (Å²) in [6, 6.07) is 0. The Labute approximate surface area is 113 Å². The maximum Gasteiger partial charge on any atom is 3.00 e. The molecular formula is C10H15Cl2Zr. The van der Waals surface area contributed by atoms with Crippen LogP contribution in [0.15, 0.2) is 17.2 Å². The van der Waals surface area contributed by atoms with Crippen molar-refractivity contribution in [3.05, 3.63) is 23.3 Å². The van der Waals surface area contributed by atoms with Crippen LogP contribution in [-0.2, 0) is 26.2 Å². The van der Waals surface area contributed by atoms with Gasteiger partial charge in [-0.15, -0.1) is 6.42 Å². The van der Waals surface area contributed by atoms with E-state index in [1.165, 1.54) is 17.6 Å². The average molecular weight is 297 g/mol. The first-order valence-electron chi connectivity index (χ1n) is 3.95. The summed E-state index contributed by atoms with van der Waals surface area (Å²) in [6.45, 7) is 6.66. The molecule has 0 aliphatic heterocycles. The fourth-order valence-corrected chi connectivity index (χ4v) is 1.22. The summed E-state index contributed by atoms with van der Waals surface area (Å²) >= 11 is 0. The topological polar surface area (TPSA) is 0 Å². The van der Waals surface area contributed by atoms with Crippen LogP contribution >= 0.6 is 0 Å². The van der Waals surface area contributed by atoms with E-state index in [1.807, 2.05) is 0 Å². The molecule has 0 atom stereocenters. The summed E-state index contributed by atoms with van der Waals surface area (Å²) in [5.74, 6) is 0.768. The zero-order valence-electron chi connectivity index (χ0n) is 8.32. The summed E-state index contributed by atoms with van der Waals surface area (Å²) in [7, 11) is 0. The quantitative estimate of drug-likeness (QED) is 0.480. The molecule has 0 unspecified atom stereocenters. The molecule has 1 radical (unpaired) electrons. The van der Waals surface area contributed by atoms with Crippen molar-refractivity contribution in [2.75, 3.05) is 0 Å². The molecule has 1 rings (SSSR count). The van der Waals surface area contributed by atoms with Crippen LogP contribution in [0.1, 0.15) is 33.6 Å². The molecule has 3 heteroatoms. The van der Waals surface area contributed by atoms with Crippen LogP contribution in [0.25, 0.3) is 0 Å². The van der Waals surface area contributed by atoms with Crippen molar-refractivity contribution in [3.8, 4) is 0 Å². The Morgan fingerprint density at radius 1 is 1.38 bits per heavy atom. The Balaban J connectivity index is -0.000000333. The normalized spacial score (nSPS) is 13.5. The zero-order chi connectivity index (χ0) is 7.56. The molecule has 0 spiro atoms. The Morgan fingerprint density at radius 2 is 1.92 bits per heavy atom. The average Bonchev–Trinajstić information content (AvgIpc) is 2.13. The predicted octanol–water partition coefficient (Wildman–Crippen LogP) is -2.88. The van der Waals surface area contributed by atoms with E-state index in [2.05, 4.69) is 32.9 Å². The molecule has 0 aromatic carbocycles. The van der Waals surface area contributed by atoms with Crippen molar-refractivity contribution >= 4 is 0 Å². The first kappa shape index (κ1) is 19.5. The molecule has 0 saturated heterocycles. The SMILES string of the molecule is CC1=CC(CC(C)C)=[C-]C1.[Cl-].[Cl-].[Zr+3]. The van der Waals surface area contributed by atoms with Crippen LogP contribution in [0, 0.1) is 12.0 Å². The molecule has 0 amide bonds. The van der Waals surface area contributed by atoms with Crippen molar-refractivity contribution < 1.29 is 51.0 Å². The third-order valence-electron chi connectivity index (χ3n) is 1.64. The van der Waals surface area contributed by atoms with Gasteiger partial charge in [0.1, 0.15) is 0 Å². The second-order valence-electron chi connectivity index (χ2n) is 3.47. The van der Waals surface area contributed by atoms with E-state index < -0.39 is 0 Å². The van der Waals surface area contributed by atoms with E-state index >= 15 is 0 Å². The van der Waals surface area contributed by atoms with E-state index in [4.69, 9.17) is 0 Å². The molecular weight excluding hydrogens is 282 g/mol. The van der Waals surface area contributed by atoms with Gasteiger partial charge in [0.05, 0.1) is 0 Å². The molecule has 0 fully saturated rings. The molecule has 0 aromatic rings. The predicted molar refractivity (Wildman–Crippen MR) is 44.6 cm³/mol. The van der Waals surface area contributed by atoms with Crippen LogP contribution in [0.2, 0.25) is 0 Å². The summed E-state index contributed by atoms with van der Waals surface area (Å²) in [6.07, 6.45) is 7.88. The number of hydrogen-bond donors (Lipinski definition) is 0. The van der Waals surface area contributed by atoms with Gasteiger partial charge in [-0.2, -0.15) is 5.57 Å². The van der Waals surface area contributed by atoms with E-state index in [0.717, 1.165) is 12.3 Å². The van der Waals surface area contributed by atoms with Gasteiger partial charge in [0.25, 0.3) is 0 Å². The van der Waals surface area contributed by atoms with Gasteiger partial charge in [-0.1, -0.05) is 27.2 Å². The summed E-state index contributed by atoms with van der Waals surface area (Å²) in [5, 5.41) is 0. The molecule has 13 heavy (non-hydrogen) atoms. The molecule has 0 N–H and O–H groups in total. The first-order valence-corrected chi connectivity index (χ1v) is 3.95. The van der Waals surface area contributed by atoms with Crippen LogP contribution < -0.4 is 24.8 Å². The van der Waals surface area contributed by atoms with Gasteiger partial charge >= 0.3 is 26.2 Å². The molecule has 73 valence electrons. The van der Waals surface area contributed by atoms with Crippen LogP contribution in [0.3, 0.4) is 0 Å². The Bertz CT molecular complexity index is 183. The maximum absolute atomic E-state index is 3.36. The molecule has 0 heterocycles. The van der Waals surface area contributed by atoms with Crippen molar-refractivity contribution in [1.29, 1.82) is 0 Å². The molecule has 0 nitrogen and oxygen atoms in total. The van der Waals surface area contributed by atoms with Crippen molar-refractivity contribution in [2.24, 2.45) is 5.92 Å². The second-order valence-corrected chi connectivity index (χ2v) is 3.47. The number of hydrogen-bond acceptors (Lipinski definition) is 0. The van der Waals surface area contributed by atoms with Gasteiger partial charge in [-0.3, -0.25) is 6.08 Å². The van der Waals surface area contributed by atoms with Crippen molar-refractivity contribution in [3.63, 3.8) is 0 Å². The fraction of sp³-hybridized carbons (Fsp3) is 0.600. The summed E-state index contributed by atoms with van der Waals surface area (Å²) in [5.41, 5.74) is 2.86. The molecule has 1 aliphatic rings. The smallest absolute Gasteiger partial charge is 1.00 e. The Hall–Kier alpha value is 0.943. The minimum absolute atomic E-state index is 0. The Kier molecular flexibility index (Phi) is 14.2. The van der Waals surface area contributed by atoms with Crippen LogP contribution in [-0.4, -0.2) is 0 Å². The largest absolute Gasteiger partial charge is 3.00 e. The fourth-order valence-electron chi connectivity index (χ4n) is 1.22. The minimum Gasteiger partial charge on any atom is -1.00 e. The van der Waals surface area contributed by atoms with E-state index in [-0.39, 0.29) is 51.0 Å². The first-order chi connectivity index (χ1) is 4.68. The summed E-state index contributed by atoms with van der Waals surface area (Å²) < 4.78 is 0. The van der Waals surface area contributed by atoms with E-state index in [1.54, 1.807) is 0 Å². The monoisotopic (exact) mass is 295 g/mol. The van der Waals surface area contributed by atoms with Gasteiger partial charge in [-0.25, -0.2) is 11.6 Å². The number of allylic oxidation sites excluding steroid dienone is 4. The molecule has 1 aliphatic carbocycles. The van der Waals surface area contributed by atoms with E-state index in [0.29, 0.717) is 0 Å². The van der Waals surface area contributed by atoms with Gasteiger partial charge in [-0.05, 0) is 5.92 Å². The molecule has 0 aromatic heterocycles. The number of rotatable bonds is 2. The van der Waals surface area contributed by atoms with Gasteiger partial charge in [0.15, 0.2) is 0 Å². The second kappa shape index (κ2) is 9.50. The van der Waals surface area contributed by atoms with Gasteiger partial charge in [0.2, 0.25) is 0 Å². The van der Waals surface area contributed by atoms with Crippen LogP contribution in [0.4, 0.5) is 0 Å². The maximum atomic E-state index is 3.36. The molecule has 0 saturated carbocycles. The van der Waals surface area contributed by atoms with Crippen molar-refractivity contribution in [1.82, 2.24) is 0 Å². The van der Waals surface area contributed by atoms with E-state index in [9.17, 15) is 0 Å². The molecule has 0 bridgehead atoms. The Morgan fingerprint density at radius 3 is 2.23 bits per heavy atom. The zero-order valence-corrected chi connectivity index (χ0v) is 12.3. The van der Waals surface area contributed by atoms with Crippen molar-refractivity contribution in [2.45, 2.75) is 33.6 Å². The third-order valence-corrected chi connectivity index (χ3v) is 1.64. The van der Waals surface area contributed by atoms with Gasteiger partial charge in [0, 0.05) is 0 Å². The van der Waals surface area contributed by atoms with Crippen LogP contribution in [0.5, 0.6) is 0 Å². The third kappa shape index (κ3) is 7.97. The summed E-state index contributed by atoms with van der Waals surface area (Å²) in [4.78, 5) is 0.